The number of fused-ring (bicyclic) bond motifs is 3. The fourth-order valence-electron chi connectivity index (χ4n) is 5.54. The monoisotopic (exact) mass is 542 g/mol. The lowest BCUT2D eigenvalue weighted by atomic mass is 9.80. The van der Waals surface area contributed by atoms with Crippen molar-refractivity contribution < 1.29 is 31.1 Å². The maximum absolute atomic E-state index is 15.6. The molecule has 12 heteroatoms. The molecule has 6 rings (SSSR count). The van der Waals surface area contributed by atoms with Crippen molar-refractivity contribution in [2.45, 2.75) is 68.7 Å². The van der Waals surface area contributed by atoms with Gasteiger partial charge in [0.2, 0.25) is 0 Å². The Hall–Kier alpha value is -3.02. The molecule has 4 heterocycles. The van der Waals surface area contributed by atoms with Gasteiger partial charge in [0, 0.05) is 37.5 Å². The average Bonchev–Trinajstić information content (AvgIpc) is 3.67. The van der Waals surface area contributed by atoms with Crippen LogP contribution in [0.15, 0.2) is 35.3 Å². The van der Waals surface area contributed by atoms with Gasteiger partial charge in [0.1, 0.15) is 17.0 Å². The third kappa shape index (κ3) is 4.56. The van der Waals surface area contributed by atoms with E-state index in [1.807, 2.05) is 0 Å². The van der Waals surface area contributed by atoms with Crippen molar-refractivity contribution in [2.75, 3.05) is 25.0 Å². The van der Waals surface area contributed by atoms with Crippen molar-refractivity contribution in [3.05, 3.63) is 63.3 Å². The highest BCUT2D eigenvalue weighted by Crippen LogP contribution is 2.48. The number of hydrogen-bond donors (Lipinski definition) is 2. The number of pyridine rings is 1. The van der Waals surface area contributed by atoms with E-state index in [-0.39, 0.29) is 42.5 Å². The number of nitrogens with zero attached hydrogens (tertiary/aromatic N) is 2. The molecule has 3 aliphatic heterocycles. The van der Waals surface area contributed by atoms with Crippen LogP contribution in [0.4, 0.5) is 32.0 Å². The summed E-state index contributed by atoms with van der Waals surface area (Å²) in [7, 11) is 0. The summed E-state index contributed by atoms with van der Waals surface area (Å²) >= 11 is 0. The molecular formula is C26H28F6N4O2. The number of aromatic nitrogens is 1. The van der Waals surface area contributed by atoms with Crippen LogP contribution in [-0.2, 0) is 5.54 Å². The van der Waals surface area contributed by atoms with Crippen molar-refractivity contribution in [3.63, 3.8) is 0 Å². The van der Waals surface area contributed by atoms with E-state index in [1.54, 1.807) is 0 Å². The fraction of sp³-hybridized carbons (Fsp3) is 0.538. The van der Waals surface area contributed by atoms with Crippen LogP contribution in [0.2, 0.25) is 0 Å². The predicted octanol–water partition coefficient (Wildman–Crippen LogP) is 4.77. The molecule has 4 aliphatic rings. The summed E-state index contributed by atoms with van der Waals surface area (Å²) in [5.74, 6) is -2.02. The Morgan fingerprint density at radius 1 is 1.08 bits per heavy atom. The normalized spacial score (nSPS) is 26.4. The van der Waals surface area contributed by atoms with E-state index >= 15 is 4.39 Å². The van der Waals surface area contributed by atoms with E-state index in [2.05, 4.69) is 15.5 Å². The van der Waals surface area contributed by atoms with Crippen molar-refractivity contribution in [2.24, 2.45) is 0 Å². The Balaban J connectivity index is 1.49. The first-order valence-corrected chi connectivity index (χ1v) is 12.6. The second-order valence-corrected chi connectivity index (χ2v) is 10.5. The summed E-state index contributed by atoms with van der Waals surface area (Å²) in [5, 5.41) is 5.49. The Morgan fingerprint density at radius 3 is 2.32 bits per heavy atom. The second-order valence-electron chi connectivity index (χ2n) is 10.5. The van der Waals surface area contributed by atoms with Crippen molar-refractivity contribution >= 4 is 11.6 Å². The first kappa shape index (κ1) is 26.6. The highest BCUT2D eigenvalue weighted by molar-refractivity contribution is 5.99. The molecule has 2 atom stereocenters. The predicted molar refractivity (Wildman–Crippen MR) is 128 cm³/mol. The van der Waals surface area contributed by atoms with E-state index in [9.17, 15) is 31.5 Å². The van der Waals surface area contributed by atoms with Gasteiger partial charge in [-0.1, -0.05) is 18.2 Å². The van der Waals surface area contributed by atoms with E-state index < -0.39 is 59.0 Å². The first-order chi connectivity index (χ1) is 17.9. The number of benzene rings is 1. The molecule has 0 spiro atoms. The molecule has 6 nitrogen and oxygen atoms in total. The number of hydrogen-bond acceptors (Lipinski definition) is 4. The Kier molecular flexibility index (Phi) is 6.73. The van der Waals surface area contributed by atoms with Gasteiger partial charge in [0.25, 0.3) is 24.3 Å². The van der Waals surface area contributed by atoms with Gasteiger partial charge in [-0.15, -0.1) is 0 Å². The van der Waals surface area contributed by atoms with E-state index in [0.717, 1.165) is 22.9 Å². The van der Waals surface area contributed by atoms with Crippen molar-refractivity contribution in [3.8, 4) is 0 Å². The van der Waals surface area contributed by atoms with Crippen LogP contribution in [0.5, 0.6) is 0 Å². The van der Waals surface area contributed by atoms with Gasteiger partial charge in [-0.05, 0) is 32.6 Å². The number of halogens is 6. The summed E-state index contributed by atoms with van der Waals surface area (Å²) in [6.07, 6.45) is -4.24. The molecule has 2 N–H and O–H groups in total. The van der Waals surface area contributed by atoms with Crippen LogP contribution >= 0.6 is 0 Å². The van der Waals surface area contributed by atoms with Gasteiger partial charge in [0.15, 0.2) is 0 Å². The standard InChI is InChI=1S/C26H28F6N4O2/c1-14(15-3-2-4-16(21(15)27)22(28)29)33-23(38)17-12-36(26(5-6-26)24(30)31)20(37)11-18(17)34-19-13-35-9-7-25(19,32)8-10-35/h2-4,11-12,14,19,22,24,34H,5-10,13H2,1H3,(H,33,38)/t14-,19?/m1/s1. The van der Waals surface area contributed by atoms with Gasteiger partial charge in [-0.25, -0.2) is 26.3 Å². The minimum atomic E-state index is -3.06. The SMILES string of the molecule is C[C@@H](NC(=O)c1cn(C2(C(F)F)CC2)c(=O)cc1NC1CN2CCC1(F)CC2)c1cccc(C(F)F)c1F. The lowest BCUT2D eigenvalue weighted by Crippen LogP contribution is -2.62. The van der Waals surface area contributed by atoms with Crippen LogP contribution < -0.4 is 16.2 Å². The van der Waals surface area contributed by atoms with Gasteiger partial charge in [-0.3, -0.25) is 9.59 Å². The zero-order chi connectivity index (χ0) is 27.4. The third-order valence-corrected chi connectivity index (χ3v) is 8.14. The molecule has 0 radical (unpaired) electrons. The molecule has 3 saturated heterocycles. The molecular weight excluding hydrogens is 514 g/mol. The number of rotatable bonds is 8. The molecule has 4 fully saturated rings. The Bertz CT molecular complexity index is 1290. The lowest BCUT2D eigenvalue weighted by molar-refractivity contribution is -0.0176. The fourth-order valence-corrected chi connectivity index (χ4v) is 5.54. The molecule has 1 unspecified atom stereocenters. The van der Waals surface area contributed by atoms with Crippen LogP contribution in [0.25, 0.3) is 0 Å². The summed E-state index contributed by atoms with van der Waals surface area (Å²) in [4.78, 5) is 28.4. The number of carbonyl (C=O) groups is 1. The molecule has 2 bridgehead atoms. The minimum Gasteiger partial charge on any atom is -0.377 e. The number of nitrogens with one attached hydrogen (secondary N) is 2. The van der Waals surface area contributed by atoms with Gasteiger partial charge < -0.3 is 20.1 Å². The third-order valence-electron chi connectivity index (χ3n) is 8.14. The summed E-state index contributed by atoms with van der Waals surface area (Å²) < 4.78 is 85.2. The van der Waals surface area contributed by atoms with Crippen LogP contribution in [0.3, 0.4) is 0 Å². The molecule has 38 heavy (non-hydrogen) atoms. The molecule has 1 aromatic heterocycles. The molecule has 1 saturated carbocycles. The Morgan fingerprint density at radius 2 is 1.74 bits per heavy atom. The maximum Gasteiger partial charge on any atom is 0.266 e. The highest BCUT2D eigenvalue weighted by Gasteiger charge is 2.54. The zero-order valence-electron chi connectivity index (χ0n) is 20.6. The Labute approximate surface area is 215 Å². The number of amides is 1. The van der Waals surface area contributed by atoms with Crippen molar-refractivity contribution in [1.82, 2.24) is 14.8 Å². The molecule has 1 aliphatic carbocycles. The number of alkyl halides is 5. The number of carbonyl (C=O) groups excluding carboxylic acids is 1. The van der Waals surface area contributed by atoms with Crippen LogP contribution in [0.1, 0.15) is 66.6 Å². The minimum absolute atomic E-state index is 0.0291. The quantitative estimate of drug-likeness (QED) is 0.472. The van der Waals surface area contributed by atoms with E-state index in [4.69, 9.17) is 0 Å². The summed E-state index contributed by atoms with van der Waals surface area (Å²) in [5.41, 5.74) is -5.30. The van der Waals surface area contributed by atoms with Gasteiger partial charge >= 0.3 is 0 Å². The second kappa shape index (κ2) is 9.62. The highest BCUT2D eigenvalue weighted by atomic mass is 19.3. The average molecular weight is 543 g/mol. The van der Waals surface area contributed by atoms with Crippen molar-refractivity contribution in [1.29, 1.82) is 0 Å². The van der Waals surface area contributed by atoms with Gasteiger partial charge in [0.05, 0.1) is 28.9 Å². The molecule has 1 amide bonds. The zero-order valence-corrected chi connectivity index (χ0v) is 20.6. The largest absolute Gasteiger partial charge is 0.377 e. The molecule has 2 aromatic rings. The summed E-state index contributed by atoms with van der Waals surface area (Å²) in [6.45, 7) is 2.90. The smallest absolute Gasteiger partial charge is 0.266 e. The molecule has 206 valence electrons. The molecule has 1 aromatic carbocycles. The van der Waals surface area contributed by atoms with E-state index in [1.165, 1.54) is 19.1 Å². The first-order valence-electron chi connectivity index (χ1n) is 12.6. The summed E-state index contributed by atoms with van der Waals surface area (Å²) in [6, 6.07) is 2.63. The van der Waals surface area contributed by atoms with Crippen LogP contribution in [-0.4, -0.2) is 53.1 Å². The number of piperidine rings is 3. The van der Waals surface area contributed by atoms with Crippen LogP contribution in [0, 0.1) is 5.82 Å². The number of anilines is 1. The maximum atomic E-state index is 15.6. The topological polar surface area (TPSA) is 66.4 Å². The lowest BCUT2D eigenvalue weighted by Gasteiger charge is -2.49. The van der Waals surface area contributed by atoms with Gasteiger partial charge in [-0.2, -0.15) is 0 Å². The van der Waals surface area contributed by atoms with E-state index in [0.29, 0.717) is 19.6 Å².